The molecule has 0 aromatic heterocycles. The molecule has 0 atom stereocenters. The molecule has 1 N–H and O–H groups in total. The maximum atomic E-state index is 8.79. The molecule has 0 aliphatic rings. The number of methoxy groups -OCH3 is 1. The third kappa shape index (κ3) is 2.34. The van der Waals surface area contributed by atoms with Crippen molar-refractivity contribution < 1.29 is 9.84 Å². The molecule has 2 rings (SSSR count). The summed E-state index contributed by atoms with van der Waals surface area (Å²) in [6.45, 7) is 0.251. The van der Waals surface area contributed by atoms with Gasteiger partial charge in [0.1, 0.15) is 5.75 Å². The molecule has 84 valence electrons. The van der Waals surface area contributed by atoms with Crippen LogP contribution in [0.25, 0.3) is 10.8 Å². The van der Waals surface area contributed by atoms with Crippen molar-refractivity contribution >= 4 is 10.8 Å². The van der Waals surface area contributed by atoms with E-state index in [0.29, 0.717) is 0 Å². The summed E-state index contributed by atoms with van der Waals surface area (Å²) in [5, 5.41) is 11.2. The van der Waals surface area contributed by atoms with E-state index in [1.807, 2.05) is 12.1 Å². The van der Waals surface area contributed by atoms with E-state index in [2.05, 4.69) is 24.3 Å². The summed E-state index contributed by atoms with van der Waals surface area (Å²) in [6.07, 6.45) is 1.75. The Morgan fingerprint density at radius 2 is 1.81 bits per heavy atom. The quantitative estimate of drug-likeness (QED) is 0.851. The zero-order valence-electron chi connectivity index (χ0n) is 9.44. The fourth-order valence-corrected chi connectivity index (χ4v) is 1.84. The van der Waals surface area contributed by atoms with Crippen LogP contribution in [0.2, 0.25) is 0 Å². The van der Waals surface area contributed by atoms with Crippen LogP contribution in [0.3, 0.4) is 0 Å². The molecule has 0 aliphatic carbocycles. The van der Waals surface area contributed by atoms with Gasteiger partial charge in [0, 0.05) is 6.61 Å². The van der Waals surface area contributed by atoms with E-state index >= 15 is 0 Å². The molecule has 0 bridgehead atoms. The minimum absolute atomic E-state index is 0.251. The maximum Gasteiger partial charge on any atom is 0.119 e. The average molecular weight is 216 g/mol. The predicted octanol–water partition coefficient (Wildman–Crippen LogP) is 2.77. The smallest absolute Gasteiger partial charge is 0.119 e. The first-order valence-electron chi connectivity index (χ1n) is 5.51. The van der Waals surface area contributed by atoms with Gasteiger partial charge in [0.05, 0.1) is 7.11 Å². The number of aryl methyl sites for hydroxylation is 1. The third-order valence-electron chi connectivity index (χ3n) is 2.74. The van der Waals surface area contributed by atoms with Gasteiger partial charge >= 0.3 is 0 Å². The Balaban J connectivity index is 2.32. The summed E-state index contributed by atoms with van der Waals surface area (Å²) in [7, 11) is 1.68. The van der Waals surface area contributed by atoms with Gasteiger partial charge in [0.15, 0.2) is 0 Å². The number of rotatable bonds is 4. The van der Waals surface area contributed by atoms with E-state index < -0.39 is 0 Å². The van der Waals surface area contributed by atoms with E-state index in [4.69, 9.17) is 9.84 Å². The number of fused-ring (bicyclic) bond motifs is 1. The van der Waals surface area contributed by atoms with Crippen molar-refractivity contribution in [1.82, 2.24) is 0 Å². The molecule has 0 saturated carbocycles. The predicted molar refractivity (Wildman–Crippen MR) is 65.9 cm³/mol. The largest absolute Gasteiger partial charge is 0.497 e. The second-order valence-corrected chi connectivity index (χ2v) is 3.87. The SMILES string of the molecule is COc1ccc2cc(CCCO)ccc2c1. The number of benzene rings is 2. The first kappa shape index (κ1) is 11.0. The Kier molecular flexibility index (Phi) is 3.42. The lowest BCUT2D eigenvalue weighted by atomic mass is 10.0. The van der Waals surface area contributed by atoms with Crippen LogP contribution in [0, 0.1) is 0 Å². The van der Waals surface area contributed by atoms with E-state index in [-0.39, 0.29) is 6.61 Å². The van der Waals surface area contributed by atoms with E-state index in [0.717, 1.165) is 18.6 Å². The van der Waals surface area contributed by atoms with Gasteiger partial charge in [-0.15, -0.1) is 0 Å². The second kappa shape index (κ2) is 4.99. The highest BCUT2D eigenvalue weighted by atomic mass is 16.5. The number of ether oxygens (including phenoxy) is 1. The molecule has 2 aromatic carbocycles. The summed E-state index contributed by atoms with van der Waals surface area (Å²) >= 11 is 0. The van der Waals surface area contributed by atoms with Crippen molar-refractivity contribution in [3.63, 3.8) is 0 Å². The van der Waals surface area contributed by atoms with Crippen LogP contribution in [0.1, 0.15) is 12.0 Å². The van der Waals surface area contributed by atoms with Crippen LogP contribution < -0.4 is 4.74 Å². The Hall–Kier alpha value is -1.54. The van der Waals surface area contributed by atoms with E-state index in [1.165, 1.54) is 16.3 Å². The normalized spacial score (nSPS) is 10.6. The molecular weight excluding hydrogens is 200 g/mol. The molecule has 16 heavy (non-hydrogen) atoms. The lowest BCUT2D eigenvalue weighted by Crippen LogP contribution is -1.89. The van der Waals surface area contributed by atoms with Crippen molar-refractivity contribution in [3.8, 4) is 5.75 Å². The highest BCUT2D eigenvalue weighted by molar-refractivity contribution is 5.84. The maximum absolute atomic E-state index is 8.79. The van der Waals surface area contributed by atoms with Gasteiger partial charge in [-0.3, -0.25) is 0 Å². The summed E-state index contributed by atoms with van der Waals surface area (Å²) < 4.78 is 5.18. The van der Waals surface area contributed by atoms with Gasteiger partial charge in [-0.25, -0.2) is 0 Å². The number of aliphatic hydroxyl groups excluding tert-OH is 1. The topological polar surface area (TPSA) is 29.5 Å². The Morgan fingerprint density at radius 3 is 2.56 bits per heavy atom. The molecule has 0 heterocycles. The Morgan fingerprint density at radius 1 is 1.06 bits per heavy atom. The van der Waals surface area contributed by atoms with Crippen LogP contribution in [0.4, 0.5) is 0 Å². The van der Waals surface area contributed by atoms with E-state index in [9.17, 15) is 0 Å². The lowest BCUT2D eigenvalue weighted by Gasteiger charge is -2.05. The molecule has 0 fully saturated rings. The van der Waals surface area contributed by atoms with Crippen LogP contribution in [0.5, 0.6) is 5.75 Å². The molecule has 0 spiro atoms. The van der Waals surface area contributed by atoms with Crippen molar-refractivity contribution in [1.29, 1.82) is 0 Å². The summed E-state index contributed by atoms with van der Waals surface area (Å²) in [6, 6.07) is 12.5. The molecule has 2 heteroatoms. The molecule has 0 aliphatic heterocycles. The highest BCUT2D eigenvalue weighted by Gasteiger charge is 1.98. The zero-order chi connectivity index (χ0) is 11.4. The first-order chi connectivity index (χ1) is 7.83. The fraction of sp³-hybridized carbons (Fsp3) is 0.286. The zero-order valence-corrected chi connectivity index (χ0v) is 9.44. The standard InChI is InChI=1S/C14H16O2/c1-16-14-7-6-12-9-11(3-2-8-15)4-5-13(12)10-14/h4-7,9-10,15H,2-3,8H2,1H3. The molecule has 0 amide bonds. The second-order valence-electron chi connectivity index (χ2n) is 3.87. The molecule has 0 unspecified atom stereocenters. The van der Waals surface area contributed by atoms with Gasteiger partial charge in [-0.2, -0.15) is 0 Å². The van der Waals surface area contributed by atoms with Crippen molar-refractivity contribution in [3.05, 3.63) is 42.0 Å². The lowest BCUT2D eigenvalue weighted by molar-refractivity contribution is 0.288. The minimum Gasteiger partial charge on any atom is -0.497 e. The number of hydrogen-bond donors (Lipinski definition) is 1. The van der Waals surface area contributed by atoms with Crippen LogP contribution >= 0.6 is 0 Å². The summed E-state index contributed by atoms with van der Waals surface area (Å²) in [4.78, 5) is 0. The molecular formula is C14H16O2. The van der Waals surface area contributed by atoms with Gasteiger partial charge in [0.2, 0.25) is 0 Å². The molecule has 2 aromatic rings. The summed E-state index contributed by atoms with van der Waals surface area (Å²) in [5.74, 6) is 0.885. The van der Waals surface area contributed by atoms with Crippen LogP contribution in [0.15, 0.2) is 36.4 Å². The fourth-order valence-electron chi connectivity index (χ4n) is 1.84. The molecule has 2 nitrogen and oxygen atoms in total. The average Bonchev–Trinajstić information content (AvgIpc) is 2.35. The molecule has 0 radical (unpaired) electrons. The number of aliphatic hydroxyl groups is 1. The third-order valence-corrected chi connectivity index (χ3v) is 2.74. The van der Waals surface area contributed by atoms with Gasteiger partial charge in [-0.1, -0.05) is 24.3 Å². The van der Waals surface area contributed by atoms with E-state index in [1.54, 1.807) is 7.11 Å². The van der Waals surface area contributed by atoms with Crippen LogP contribution in [-0.4, -0.2) is 18.8 Å². The Bertz CT molecular complexity index is 477. The van der Waals surface area contributed by atoms with Crippen LogP contribution in [-0.2, 0) is 6.42 Å². The Labute approximate surface area is 95.5 Å². The van der Waals surface area contributed by atoms with Crippen molar-refractivity contribution in [2.24, 2.45) is 0 Å². The monoisotopic (exact) mass is 216 g/mol. The first-order valence-corrected chi connectivity index (χ1v) is 5.51. The minimum atomic E-state index is 0.251. The van der Waals surface area contributed by atoms with Crippen molar-refractivity contribution in [2.45, 2.75) is 12.8 Å². The van der Waals surface area contributed by atoms with Crippen molar-refractivity contribution in [2.75, 3.05) is 13.7 Å². The van der Waals surface area contributed by atoms with Gasteiger partial charge < -0.3 is 9.84 Å². The van der Waals surface area contributed by atoms with Gasteiger partial charge in [-0.05, 0) is 41.3 Å². The van der Waals surface area contributed by atoms with Gasteiger partial charge in [0.25, 0.3) is 0 Å². The number of hydrogen-bond acceptors (Lipinski definition) is 2. The summed E-state index contributed by atoms with van der Waals surface area (Å²) in [5.41, 5.74) is 1.27. The highest BCUT2D eigenvalue weighted by Crippen LogP contribution is 2.22. The molecule has 0 saturated heterocycles.